The van der Waals surface area contributed by atoms with Crippen LogP contribution in [0.3, 0.4) is 0 Å². The number of aliphatic carboxylic acids is 1. The fourth-order valence-corrected chi connectivity index (χ4v) is 6.09. The lowest BCUT2D eigenvalue weighted by Gasteiger charge is -2.09. The predicted octanol–water partition coefficient (Wildman–Crippen LogP) is 3.23. The lowest BCUT2D eigenvalue weighted by atomic mass is 10.2. The SMILES string of the molecule is Cc1cc([N+](=O)[O-])ccc1S(=O)(=O)Oc1ccc2nc(C3=NC(C(=O)O)CS3)sc2c1. The van der Waals surface area contributed by atoms with Crippen LogP contribution in [0.2, 0.25) is 0 Å². The van der Waals surface area contributed by atoms with E-state index < -0.39 is 27.1 Å². The first-order valence-corrected chi connectivity index (χ1v) is 11.9. The van der Waals surface area contributed by atoms with Crippen molar-refractivity contribution in [2.45, 2.75) is 17.9 Å². The van der Waals surface area contributed by atoms with E-state index in [0.717, 1.165) is 12.1 Å². The number of carboxylic acid groups (broad SMARTS) is 1. The van der Waals surface area contributed by atoms with Crippen LogP contribution in [-0.2, 0) is 14.9 Å². The molecule has 0 saturated carbocycles. The van der Waals surface area contributed by atoms with E-state index >= 15 is 0 Å². The molecule has 0 bridgehead atoms. The average molecular weight is 480 g/mol. The summed E-state index contributed by atoms with van der Waals surface area (Å²) < 4.78 is 31.2. The van der Waals surface area contributed by atoms with Gasteiger partial charge in [-0.25, -0.2) is 9.78 Å². The van der Waals surface area contributed by atoms with Gasteiger partial charge >= 0.3 is 16.1 Å². The Morgan fingerprint density at radius 3 is 2.71 bits per heavy atom. The second-order valence-corrected chi connectivity index (χ2v) is 10.0. The van der Waals surface area contributed by atoms with Gasteiger partial charge in [-0.05, 0) is 30.7 Å². The van der Waals surface area contributed by atoms with Crippen molar-refractivity contribution in [3.05, 3.63) is 57.1 Å². The van der Waals surface area contributed by atoms with Gasteiger partial charge in [-0.2, -0.15) is 8.42 Å². The lowest BCUT2D eigenvalue weighted by Crippen LogP contribution is -2.17. The van der Waals surface area contributed by atoms with E-state index in [0.29, 0.717) is 26.0 Å². The number of aliphatic imine (C=N–C) groups is 1. The topological polar surface area (TPSA) is 149 Å². The summed E-state index contributed by atoms with van der Waals surface area (Å²) >= 11 is 2.55. The first-order valence-electron chi connectivity index (χ1n) is 8.68. The molecule has 4 rings (SSSR count). The van der Waals surface area contributed by atoms with Gasteiger partial charge in [-0.3, -0.25) is 15.1 Å². The highest BCUT2D eigenvalue weighted by Gasteiger charge is 2.27. The number of thioether (sulfide) groups is 1. The number of aromatic nitrogens is 1. The quantitative estimate of drug-likeness (QED) is 0.319. The van der Waals surface area contributed by atoms with E-state index in [2.05, 4.69) is 9.98 Å². The van der Waals surface area contributed by atoms with Crippen molar-refractivity contribution in [1.82, 2.24) is 4.98 Å². The Morgan fingerprint density at radius 2 is 2.06 bits per heavy atom. The molecule has 1 unspecified atom stereocenters. The fraction of sp³-hybridized carbons (Fsp3) is 0.167. The van der Waals surface area contributed by atoms with Crippen LogP contribution in [-0.4, -0.2) is 46.2 Å². The molecule has 0 amide bonds. The Morgan fingerprint density at radius 1 is 1.29 bits per heavy atom. The largest absolute Gasteiger partial charge is 0.480 e. The zero-order valence-corrected chi connectivity index (χ0v) is 18.2. The number of nitrogens with zero attached hydrogens (tertiary/aromatic N) is 3. The van der Waals surface area contributed by atoms with Crippen molar-refractivity contribution in [3.63, 3.8) is 0 Å². The van der Waals surface area contributed by atoms with Crippen molar-refractivity contribution in [1.29, 1.82) is 0 Å². The molecule has 2 aromatic carbocycles. The number of nitro groups is 1. The third kappa shape index (κ3) is 4.24. The Balaban J connectivity index is 1.61. The van der Waals surface area contributed by atoms with Crippen molar-refractivity contribution < 1.29 is 27.4 Å². The van der Waals surface area contributed by atoms with Gasteiger partial charge in [0.25, 0.3) is 5.69 Å². The highest BCUT2D eigenvalue weighted by Crippen LogP contribution is 2.33. The van der Waals surface area contributed by atoms with Crippen LogP contribution < -0.4 is 4.18 Å². The van der Waals surface area contributed by atoms with Gasteiger partial charge in [0, 0.05) is 24.0 Å². The number of hydrogen-bond donors (Lipinski definition) is 1. The summed E-state index contributed by atoms with van der Waals surface area (Å²) in [4.78, 5) is 29.7. The first-order chi connectivity index (χ1) is 14.6. The number of aryl methyl sites for hydroxylation is 1. The Hall–Kier alpha value is -3.03. The second-order valence-electron chi connectivity index (χ2n) is 6.49. The molecular formula is C18H13N3O7S3. The molecule has 0 fully saturated rings. The summed E-state index contributed by atoms with van der Waals surface area (Å²) in [5.41, 5.74) is 0.575. The maximum atomic E-state index is 12.7. The molecule has 10 nitrogen and oxygen atoms in total. The molecule has 160 valence electrons. The summed E-state index contributed by atoms with van der Waals surface area (Å²) in [7, 11) is -4.21. The first kappa shape index (κ1) is 21.2. The molecule has 0 aliphatic carbocycles. The molecule has 1 aliphatic heterocycles. The highest BCUT2D eigenvalue weighted by molar-refractivity contribution is 8.15. The molecule has 2 heterocycles. The minimum atomic E-state index is -4.21. The van der Waals surface area contributed by atoms with Gasteiger partial charge in [0.05, 0.1) is 15.1 Å². The van der Waals surface area contributed by atoms with E-state index in [4.69, 9.17) is 9.29 Å². The summed E-state index contributed by atoms with van der Waals surface area (Å²) in [5.74, 6) is -0.599. The number of nitro benzene ring substituents is 1. The van der Waals surface area contributed by atoms with E-state index in [1.165, 1.54) is 48.2 Å². The molecule has 0 radical (unpaired) electrons. The maximum Gasteiger partial charge on any atom is 0.339 e. The Labute approximate surface area is 183 Å². The summed E-state index contributed by atoms with van der Waals surface area (Å²) in [6.07, 6.45) is 0. The van der Waals surface area contributed by atoms with Crippen molar-refractivity contribution in [3.8, 4) is 5.75 Å². The lowest BCUT2D eigenvalue weighted by molar-refractivity contribution is -0.385. The standard InChI is InChI=1S/C18H13N3O7S3/c1-9-6-10(21(24)25)2-5-15(9)31(26,27)28-11-3-4-12-14(7-11)30-17(19-12)16-20-13(8-29-16)18(22)23/h2-7,13H,8H2,1H3,(H,22,23). The molecule has 0 spiro atoms. The van der Waals surface area contributed by atoms with E-state index in [-0.39, 0.29) is 21.9 Å². The summed E-state index contributed by atoms with van der Waals surface area (Å²) in [6.45, 7) is 1.45. The number of non-ortho nitro benzene ring substituents is 1. The minimum Gasteiger partial charge on any atom is -0.480 e. The van der Waals surface area contributed by atoms with Crippen LogP contribution in [0.1, 0.15) is 10.6 Å². The van der Waals surface area contributed by atoms with E-state index in [1.807, 2.05) is 0 Å². The smallest absolute Gasteiger partial charge is 0.339 e. The number of carbonyl (C=O) groups is 1. The molecule has 1 atom stereocenters. The Kier molecular flexibility index (Phi) is 5.41. The van der Waals surface area contributed by atoms with Crippen LogP contribution in [0.15, 0.2) is 46.3 Å². The summed E-state index contributed by atoms with van der Waals surface area (Å²) in [6, 6.07) is 7.17. The molecule has 1 aliphatic rings. The molecule has 31 heavy (non-hydrogen) atoms. The third-order valence-electron chi connectivity index (χ3n) is 4.32. The van der Waals surface area contributed by atoms with Gasteiger partial charge in [-0.1, -0.05) is 0 Å². The zero-order chi connectivity index (χ0) is 22.3. The number of benzene rings is 2. The van der Waals surface area contributed by atoms with Crippen LogP contribution in [0.4, 0.5) is 5.69 Å². The van der Waals surface area contributed by atoms with Gasteiger partial charge in [0.15, 0.2) is 6.04 Å². The maximum absolute atomic E-state index is 12.7. The number of hydrogen-bond acceptors (Lipinski definition) is 10. The Bertz CT molecular complexity index is 1360. The van der Waals surface area contributed by atoms with Gasteiger partial charge in [-0.15, -0.1) is 23.1 Å². The number of rotatable bonds is 6. The second kappa shape index (κ2) is 7.90. The van der Waals surface area contributed by atoms with Gasteiger partial charge in [0.1, 0.15) is 20.7 Å². The average Bonchev–Trinajstić information content (AvgIpc) is 3.34. The number of carboxylic acids is 1. The van der Waals surface area contributed by atoms with Crippen LogP contribution in [0.25, 0.3) is 10.2 Å². The molecule has 0 saturated heterocycles. The molecular weight excluding hydrogens is 466 g/mol. The van der Waals surface area contributed by atoms with E-state index in [1.54, 1.807) is 6.07 Å². The number of thiazole rings is 1. The summed E-state index contributed by atoms with van der Waals surface area (Å²) in [5, 5.41) is 21.0. The van der Waals surface area contributed by atoms with Gasteiger partial charge in [0.2, 0.25) is 0 Å². The monoisotopic (exact) mass is 479 g/mol. The normalized spacial score (nSPS) is 16.3. The minimum absolute atomic E-state index is 0.0601. The third-order valence-corrected chi connectivity index (χ3v) is 7.94. The van der Waals surface area contributed by atoms with Crippen molar-refractivity contribution in [2.75, 3.05) is 5.75 Å². The molecule has 1 aromatic heterocycles. The molecule has 1 N–H and O–H groups in total. The van der Waals surface area contributed by atoms with E-state index in [9.17, 15) is 23.3 Å². The highest BCUT2D eigenvalue weighted by atomic mass is 32.2. The predicted molar refractivity (Wildman–Crippen MR) is 116 cm³/mol. The van der Waals surface area contributed by atoms with Gasteiger partial charge < -0.3 is 9.29 Å². The van der Waals surface area contributed by atoms with Crippen LogP contribution >= 0.6 is 23.1 Å². The molecule has 3 aromatic rings. The van der Waals surface area contributed by atoms with Crippen molar-refractivity contribution in [2.24, 2.45) is 4.99 Å². The van der Waals surface area contributed by atoms with Crippen molar-refractivity contribution >= 4 is 60.1 Å². The van der Waals surface area contributed by atoms with Crippen LogP contribution in [0.5, 0.6) is 5.75 Å². The molecule has 13 heteroatoms. The number of fused-ring (bicyclic) bond motifs is 1. The fourth-order valence-electron chi connectivity index (χ4n) is 2.86. The van der Waals surface area contributed by atoms with Crippen LogP contribution in [0, 0.1) is 17.0 Å². The zero-order valence-electron chi connectivity index (χ0n) is 15.7.